The van der Waals surface area contributed by atoms with E-state index in [1.54, 1.807) is 0 Å². The van der Waals surface area contributed by atoms with Crippen molar-refractivity contribution in [1.82, 2.24) is 0 Å². The molecule has 0 radical (unpaired) electrons. The van der Waals surface area contributed by atoms with Gasteiger partial charge < -0.3 is 10.3 Å². The van der Waals surface area contributed by atoms with Crippen LogP contribution in [0, 0.1) is 10.1 Å². The Morgan fingerprint density at radius 2 is 2.38 bits per heavy atom. The van der Waals surface area contributed by atoms with E-state index < -0.39 is 4.92 Å². The zero-order chi connectivity index (χ0) is 9.68. The Kier molecular flexibility index (Phi) is 2.80. The molecule has 2 N–H and O–H groups in total. The van der Waals surface area contributed by atoms with Crippen LogP contribution in [0.15, 0.2) is 27.7 Å². The summed E-state index contributed by atoms with van der Waals surface area (Å²) < 4.78 is 4.80. The van der Waals surface area contributed by atoms with Gasteiger partial charge in [0.2, 0.25) is 0 Å². The van der Waals surface area contributed by atoms with Crippen LogP contribution in [0.25, 0.3) is 6.08 Å². The predicted octanol–water partition coefficient (Wildman–Crippen LogP) is 1.15. The van der Waals surface area contributed by atoms with Gasteiger partial charge in [0.05, 0.1) is 6.07 Å². The Morgan fingerprint density at radius 1 is 1.62 bits per heavy atom. The molecule has 0 atom stereocenters. The first kappa shape index (κ1) is 8.98. The van der Waals surface area contributed by atoms with Gasteiger partial charge >= 0.3 is 5.88 Å². The first-order valence-corrected chi connectivity index (χ1v) is 3.38. The van der Waals surface area contributed by atoms with Crippen LogP contribution in [0.4, 0.5) is 5.88 Å². The van der Waals surface area contributed by atoms with Crippen LogP contribution in [0.5, 0.6) is 0 Å². The smallest absolute Gasteiger partial charge is 0.401 e. The molecule has 6 heteroatoms. The van der Waals surface area contributed by atoms with Crippen LogP contribution < -0.4 is 5.84 Å². The average Bonchev–Trinajstić information content (AvgIpc) is 2.53. The standard InChI is InChI=1S/C7H7N3O3/c8-9-5-1-2-6-3-4-7(13-6)10(11)12/h1-5H,8H2. The largest absolute Gasteiger partial charge is 0.433 e. The van der Waals surface area contributed by atoms with Crippen LogP contribution in [0.3, 0.4) is 0 Å². The minimum atomic E-state index is -0.603. The van der Waals surface area contributed by atoms with Crippen molar-refractivity contribution in [3.63, 3.8) is 0 Å². The maximum atomic E-state index is 10.2. The maximum absolute atomic E-state index is 10.2. The van der Waals surface area contributed by atoms with Crippen LogP contribution >= 0.6 is 0 Å². The van der Waals surface area contributed by atoms with E-state index >= 15 is 0 Å². The van der Waals surface area contributed by atoms with E-state index in [9.17, 15) is 10.1 Å². The fourth-order valence-corrected chi connectivity index (χ4v) is 0.717. The highest BCUT2D eigenvalue weighted by Crippen LogP contribution is 2.16. The summed E-state index contributed by atoms with van der Waals surface area (Å²) in [7, 11) is 0. The molecule has 6 nitrogen and oxygen atoms in total. The van der Waals surface area contributed by atoms with E-state index in [4.69, 9.17) is 10.3 Å². The highest BCUT2D eigenvalue weighted by atomic mass is 16.6. The second kappa shape index (κ2) is 4.05. The molecule has 13 heavy (non-hydrogen) atoms. The average molecular weight is 181 g/mol. The van der Waals surface area contributed by atoms with Gasteiger partial charge in [-0.2, -0.15) is 5.10 Å². The summed E-state index contributed by atoms with van der Waals surface area (Å²) in [6.07, 6.45) is 4.38. The summed E-state index contributed by atoms with van der Waals surface area (Å²) in [6.45, 7) is 0. The SMILES string of the molecule is NN=CC=Cc1ccc([N+](=O)[O-])o1. The van der Waals surface area contributed by atoms with Crippen molar-refractivity contribution in [2.45, 2.75) is 0 Å². The van der Waals surface area contributed by atoms with Crippen molar-refractivity contribution in [2.75, 3.05) is 0 Å². The Morgan fingerprint density at radius 3 is 2.92 bits per heavy atom. The number of hydrogen-bond donors (Lipinski definition) is 1. The second-order valence-electron chi connectivity index (χ2n) is 2.09. The van der Waals surface area contributed by atoms with Crippen LogP contribution in [-0.4, -0.2) is 11.1 Å². The van der Waals surface area contributed by atoms with Crippen LogP contribution in [-0.2, 0) is 0 Å². The van der Waals surface area contributed by atoms with Crippen molar-refractivity contribution in [1.29, 1.82) is 0 Å². The van der Waals surface area contributed by atoms with Crippen LogP contribution in [0.1, 0.15) is 5.76 Å². The first-order chi connectivity index (χ1) is 6.24. The predicted molar refractivity (Wildman–Crippen MR) is 47.1 cm³/mol. The topological polar surface area (TPSA) is 94.7 Å². The number of furan rings is 1. The fraction of sp³-hybridized carbons (Fsp3) is 0. The lowest BCUT2D eigenvalue weighted by Gasteiger charge is -1.81. The van der Waals surface area contributed by atoms with Crippen LogP contribution in [0.2, 0.25) is 0 Å². The van der Waals surface area contributed by atoms with Gasteiger partial charge in [-0.3, -0.25) is 10.1 Å². The van der Waals surface area contributed by atoms with E-state index in [1.165, 1.54) is 30.5 Å². The molecular formula is C7H7N3O3. The number of allylic oxidation sites excluding steroid dienone is 1. The molecule has 0 bridgehead atoms. The molecule has 0 fully saturated rings. The molecule has 0 aromatic carbocycles. The molecule has 1 rings (SSSR count). The zero-order valence-corrected chi connectivity index (χ0v) is 6.58. The van der Waals surface area contributed by atoms with Crippen molar-refractivity contribution < 1.29 is 9.34 Å². The first-order valence-electron chi connectivity index (χ1n) is 3.38. The summed E-state index contributed by atoms with van der Waals surface area (Å²) in [5.41, 5.74) is 0. The van der Waals surface area contributed by atoms with E-state index in [0.29, 0.717) is 5.76 Å². The number of nitrogens with zero attached hydrogens (tertiary/aromatic N) is 2. The minimum absolute atomic E-state index is 0.288. The molecule has 68 valence electrons. The maximum Gasteiger partial charge on any atom is 0.433 e. The molecule has 1 heterocycles. The highest BCUT2D eigenvalue weighted by Gasteiger charge is 2.09. The van der Waals surface area contributed by atoms with Gasteiger partial charge in [-0.25, -0.2) is 0 Å². The van der Waals surface area contributed by atoms with Gasteiger partial charge in [-0.15, -0.1) is 0 Å². The zero-order valence-electron chi connectivity index (χ0n) is 6.58. The normalized spacial score (nSPS) is 11.4. The van der Waals surface area contributed by atoms with E-state index in [0.717, 1.165) is 0 Å². The molecule has 1 aromatic heterocycles. The molecule has 0 amide bonds. The Balaban J connectivity index is 2.74. The van der Waals surface area contributed by atoms with Crippen molar-refractivity contribution in [3.05, 3.63) is 34.1 Å². The molecule has 0 unspecified atom stereocenters. The third-order valence-electron chi connectivity index (χ3n) is 1.23. The lowest BCUT2D eigenvalue weighted by molar-refractivity contribution is -0.402. The monoisotopic (exact) mass is 181 g/mol. The molecule has 0 spiro atoms. The quantitative estimate of drug-likeness (QED) is 0.327. The molecule has 1 aromatic rings. The summed E-state index contributed by atoms with van der Waals surface area (Å²) >= 11 is 0. The van der Waals surface area contributed by atoms with Gasteiger partial charge in [-0.1, -0.05) is 0 Å². The lowest BCUT2D eigenvalue weighted by atomic mass is 10.4. The van der Waals surface area contributed by atoms with Crippen molar-refractivity contribution in [3.8, 4) is 0 Å². The minimum Gasteiger partial charge on any atom is -0.401 e. The molecule has 0 aliphatic heterocycles. The molecule has 0 aliphatic carbocycles. The van der Waals surface area contributed by atoms with E-state index in [2.05, 4.69) is 5.10 Å². The Labute approximate surface area is 73.5 Å². The van der Waals surface area contributed by atoms with E-state index in [1.807, 2.05) is 0 Å². The van der Waals surface area contributed by atoms with Gasteiger partial charge in [0.25, 0.3) is 0 Å². The summed E-state index contributed by atoms with van der Waals surface area (Å²) in [5, 5.41) is 13.4. The molecular weight excluding hydrogens is 174 g/mol. The number of nitro groups is 1. The number of nitrogens with two attached hydrogens (primary N) is 1. The van der Waals surface area contributed by atoms with Crippen molar-refractivity contribution >= 4 is 18.2 Å². The number of hydrazone groups is 1. The molecule has 0 saturated heterocycles. The Hall–Kier alpha value is -2.11. The number of hydrogen-bond acceptors (Lipinski definition) is 5. The fourth-order valence-electron chi connectivity index (χ4n) is 0.717. The van der Waals surface area contributed by atoms with Gasteiger partial charge in [0.1, 0.15) is 10.7 Å². The molecule has 0 saturated carbocycles. The third-order valence-corrected chi connectivity index (χ3v) is 1.23. The summed E-state index contributed by atoms with van der Waals surface area (Å²) in [6, 6.07) is 2.76. The second-order valence-corrected chi connectivity index (χ2v) is 2.09. The third kappa shape index (κ3) is 2.44. The summed E-state index contributed by atoms with van der Waals surface area (Å²) in [4.78, 5) is 9.58. The lowest BCUT2D eigenvalue weighted by Crippen LogP contribution is -1.82. The number of rotatable bonds is 3. The van der Waals surface area contributed by atoms with Gasteiger partial charge in [-0.05, 0) is 18.2 Å². The molecule has 0 aliphatic rings. The highest BCUT2D eigenvalue weighted by molar-refractivity contribution is 5.77. The Bertz CT molecular complexity index is 354. The summed E-state index contributed by atoms with van der Waals surface area (Å²) in [5.74, 6) is 4.92. The van der Waals surface area contributed by atoms with Crippen molar-refractivity contribution in [2.24, 2.45) is 10.9 Å². The van der Waals surface area contributed by atoms with Gasteiger partial charge in [0.15, 0.2) is 0 Å². The van der Waals surface area contributed by atoms with Gasteiger partial charge in [0, 0.05) is 6.21 Å². The van der Waals surface area contributed by atoms with E-state index in [-0.39, 0.29) is 5.88 Å².